The number of aromatic nitrogens is 2. The molecule has 1 aromatic heterocycles. The molecule has 0 radical (unpaired) electrons. The molecular formula is C18H16N4O3. The molecule has 7 heteroatoms. The lowest BCUT2D eigenvalue weighted by atomic mass is 10.1. The van der Waals surface area contributed by atoms with E-state index >= 15 is 0 Å². The molecule has 0 aliphatic rings. The highest BCUT2D eigenvalue weighted by atomic mass is 16.2. The number of aromatic amines is 1. The maximum absolute atomic E-state index is 12.4. The lowest BCUT2D eigenvalue weighted by Gasteiger charge is -2.16. The van der Waals surface area contributed by atoms with Crippen LogP contribution >= 0.6 is 0 Å². The Hall–Kier alpha value is -3.48. The van der Waals surface area contributed by atoms with E-state index in [1.807, 2.05) is 0 Å². The first-order valence-corrected chi connectivity index (χ1v) is 7.66. The smallest absolute Gasteiger partial charge is 0.272 e. The Balaban J connectivity index is 1.84. The molecule has 3 rings (SSSR count). The number of H-pyrrole nitrogens is 1. The quantitative estimate of drug-likeness (QED) is 0.639. The van der Waals surface area contributed by atoms with E-state index in [9.17, 15) is 14.4 Å². The number of benzene rings is 2. The molecule has 4 N–H and O–H groups in total. The van der Waals surface area contributed by atoms with Crippen LogP contribution in [-0.2, 0) is 16.0 Å². The third-order valence-corrected chi connectivity index (χ3v) is 3.83. The van der Waals surface area contributed by atoms with Crippen LogP contribution in [0.15, 0.2) is 59.4 Å². The SMILES string of the molecule is NC(=O)C(NC(=O)Cc1n[nH]c(=O)c2ccccc12)c1ccccc1. The summed E-state index contributed by atoms with van der Waals surface area (Å²) in [5.74, 6) is -1.07. The second-order valence-electron chi connectivity index (χ2n) is 5.54. The number of nitrogens with zero attached hydrogens (tertiary/aromatic N) is 1. The number of carbonyl (C=O) groups is 2. The highest BCUT2D eigenvalue weighted by molar-refractivity contribution is 5.91. The van der Waals surface area contributed by atoms with Gasteiger partial charge in [0.2, 0.25) is 11.8 Å². The molecule has 2 amide bonds. The number of hydrogen-bond donors (Lipinski definition) is 3. The van der Waals surface area contributed by atoms with Gasteiger partial charge in [0, 0.05) is 5.39 Å². The molecule has 3 aromatic rings. The summed E-state index contributed by atoms with van der Waals surface area (Å²) in [6.45, 7) is 0. The van der Waals surface area contributed by atoms with Gasteiger partial charge < -0.3 is 11.1 Å². The lowest BCUT2D eigenvalue weighted by Crippen LogP contribution is -2.38. The number of carbonyl (C=O) groups excluding carboxylic acids is 2. The zero-order chi connectivity index (χ0) is 17.8. The van der Waals surface area contributed by atoms with Gasteiger partial charge in [-0.05, 0) is 11.6 Å². The third kappa shape index (κ3) is 3.55. The van der Waals surface area contributed by atoms with Crippen molar-refractivity contribution >= 4 is 22.6 Å². The molecule has 0 aliphatic carbocycles. The molecule has 1 unspecified atom stereocenters. The first-order chi connectivity index (χ1) is 12.1. The van der Waals surface area contributed by atoms with Crippen LogP contribution in [-0.4, -0.2) is 22.0 Å². The van der Waals surface area contributed by atoms with E-state index in [0.717, 1.165) is 0 Å². The molecule has 1 heterocycles. The standard InChI is InChI=1S/C18H16N4O3/c19-17(24)16(11-6-2-1-3-7-11)20-15(23)10-14-12-8-4-5-9-13(12)18(25)22-21-14/h1-9,16H,10H2,(H2,19,24)(H,20,23)(H,22,25). The molecule has 25 heavy (non-hydrogen) atoms. The van der Waals surface area contributed by atoms with E-state index in [2.05, 4.69) is 15.5 Å². The van der Waals surface area contributed by atoms with E-state index in [1.165, 1.54) is 0 Å². The highest BCUT2D eigenvalue weighted by Crippen LogP contribution is 2.15. The van der Waals surface area contributed by atoms with E-state index in [-0.39, 0.29) is 12.0 Å². The Morgan fingerprint density at radius 2 is 1.68 bits per heavy atom. The third-order valence-electron chi connectivity index (χ3n) is 3.83. The Labute approximate surface area is 142 Å². The monoisotopic (exact) mass is 336 g/mol. The first-order valence-electron chi connectivity index (χ1n) is 7.66. The molecule has 0 bridgehead atoms. The van der Waals surface area contributed by atoms with Crippen LogP contribution in [0.5, 0.6) is 0 Å². The summed E-state index contributed by atoms with van der Waals surface area (Å²) in [6.07, 6.45) is -0.0894. The van der Waals surface area contributed by atoms with Crippen LogP contribution in [0.2, 0.25) is 0 Å². The molecule has 2 aromatic carbocycles. The van der Waals surface area contributed by atoms with Crippen molar-refractivity contribution in [3.63, 3.8) is 0 Å². The number of fused-ring (bicyclic) bond motifs is 1. The summed E-state index contributed by atoms with van der Waals surface area (Å²) < 4.78 is 0. The van der Waals surface area contributed by atoms with Crippen LogP contribution in [0.3, 0.4) is 0 Å². The van der Waals surface area contributed by atoms with Crippen molar-refractivity contribution in [2.75, 3.05) is 0 Å². The Morgan fingerprint density at radius 1 is 1.04 bits per heavy atom. The van der Waals surface area contributed by atoms with Gasteiger partial charge in [-0.2, -0.15) is 5.10 Å². The summed E-state index contributed by atoms with van der Waals surface area (Å²) in [5.41, 5.74) is 6.10. The Kier molecular flexibility index (Phi) is 4.56. The Morgan fingerprint density at radius 3 is 2.36 bits per heavy atom. The first kappa shape index (κ1) is 16.4. The summed E-state index contributed by atoms with van der Waals surface area (Å²) in [6, 6.07) is 14.7. The number of nitrogens with one attached hydrogen (secondary N) is 2. The van der Waals surface area contributed by atoms with E-state index in [1.54, 1.807) is 54.6 Å². The predicted octanol–water partition coefficient (Wildman–Crippen LogP) is 0.808. The second-order valence-corrected chi connectivity index (χ2v) is 5.54. The number of hydrogen-bond acceptors (Lipinski definition) is 4. The van der Waals surface area contributed by atoms with Crippen LogP contribution in [0.25, 0.3) is 10.8 Å². The van der Waals surface area contributed by atoms with Crippen LogP contribution in [0, 0.1) is 0 Å². The van der Waals surface area contributed by atoms with Crippen LogP contribution < -0.4 is 16.6 Å². The van der Waals surface area contributed by atoms with Gasteiger partial charge in [-0.3, -0.25) is 14.4 Å². The minimum absolute atomic E-state index is 0.0894. The average molecular weight is 336 g/mol. The van der Waals surface area contributed by atoms with Gasteiger partial charge in [0.05, 0.1) is 17.5 Å². The van der Waals surface area contributed by atoms with Crippen molar-refractivity contribution in [2.24, 2.45) is 5.73 Å². The van der Waals surface area contributed by atoms with Gasteiger partial charge in [-0.25, -0.2) is 5.10 Å². The van der Waals surface area contributed by atoms with Crippen molar-refractivity contribution < 1.29 is 9.59 Å². The second kappa shape index (κ2) is 6.96. The van der Waals surface area contributed by atoms with Gasteiger partial charge in [0.15, 0.2) is 0 Å². The van der Waals surface area contributed by atoms with Crippen molar-refractivity contribution in [3.8, 4) is 0 Å². The van der Waals surface area contributed by atoms with Gasteiger partial charge in [-0.15, -0.1) is 0 Å². The molecule has 7 nitrogen and oxygen atoms in total. The predicted molar refractivity (Wildman–Crippen MR) is 92.6 cm³/mol. The molecule has 0 fully saturated rings. The molecule has 0 saturated carbocycles. The summed E-state index contributed by atoms with van der Waals surface area (Å²) >= 11 is 0. The van der Waals surface area contributed by atoms with Crippen molar-refractivity contribution in [1.29, 1.82) is 0 Å². The van der Waals surface area contributed by atoms with Gasteiger partial charge in [0.1, 0.15) is 6.04 Å². The van der Waals surface area contributed by atoms with Crippen LogP contribution in [0.4, 0.5) is 0 Å². The number of rotatable bonds is 5. The zero-order valence-electron chi connectivity index (χ0n) is 13.2. The normalized spacial score (nSPS) is 11.8. The lowest BCUT2D eigenvalue weighted by molar-refractivity contribution is -0.127. The number of primary amides is 1. The van der Waals surface area contributed by atoms with Crippen molar-refractivity contribution in [1.82, 2.24) is 15.5 Å². The van der Waals surface area contributed by atoms with E-state index in [4.69, 9.17) is 5.73 Å². The fourth-order valence-electron chi connectivity index (χ4n) is 2.63. The van der Waals surface area contributed by atoms with E-state index in [0.29, 0.717) is 22.0 Å². The molecule has 0 aliphatic heterocycles. The maximum atomic E-state index is 12.4. The molecule has 0 saturated heterocycles. The van der Waals surface area contributed by atoms with Gasteiger partial charge in [-0.1, -0.05) is 48.5 Å². The molecule has 0 spiro atoms. The number of amides is 2. The fourth-order valence-corrected chi connectivity index (χ4v) is 2.63. The zero-order valence-corrected chi connectivity index (χ0v) is 13.2. The average Bonchev–Trinajstić information content (AvgIpc) is 2.63. The van der Waals surface area contributed by atoms with E-state index < -0.39 is 17.9 Å². The highest BCUT2D eigenvalue weighted by Gasteiger charge is 2.21. The summed E-state index contributed by atoms with van der Waals surface area (Å²) in [5, 5.41) is 10.00. The summed E-state index contributed by atoms with van der Waals surface area (Å²) in [7, 11) is 0. The minimum Gasteiger partial charge on any atom is -0.368 e. The Bertz CT molecular complexity index is 982. The van der Waals surface area contributed by atoms with Gasteiger partial charge >= 0.3 is 0 Å². The topological polar surface area (TPSA) is 118 Å². The fraction of sp³-hybridized carbons (Fsp3) is 0.111. The largest absolute Gasteiger partial charge is 0.368 e. The minimum atomic E-state index is -0.928. The maximum Gasteiger partial charge on any atom is 0.272 e. The molecular weight excluding hydrogens is 320 g/mol. The molecule has 1 atom stereocenters. The summed E-state index contributed by atoms with van der Waals surface area (Å²) in [4.78, 5) is 35.9. The number of nitrogens with two attached hydrogens (primary N) is 1. The molecule has 126 valence electrons. The van der Waals surface area contributed by atoms with Crippen molar-refractivity contribution in [3.05, 3.63) is 76.2 Å². The van der Waals surface area contributed by atoms with Crippen LogP contribution in [0.1, 0.15) is 17.3 Å². The van der Waals surface area contributed by atoms with Gasteiger partial charge in [0.25, 0.3) is 5.56 Å². The van der Waals surface area contributed by atoms with Crippen molar-refractivity contribution in [2.45, 2.75) is 12.5 Å².